The fourth-order valence-electron chi connectivity index (χ4n) is 5.96. The lowest BCUT2D eigenvalue weighted by Gasteiger charge is -2.25. The Bertz CT molecular complexity index is 1420. The van der Waals surface area contributed by atoms with Gasteiger partial charge in [-0.3, -0.25) is 0 Å². The van der Waals surface area contributed by atoms with Crippen LogP contribution in [0.2, 0.25) is 0 Å². The largest absolute Gasteiger partial charge is 0.495 e. The van der Waals surface area contributed by atoms with Gasteiger partial charge in [0.15, 0.2) is 0 Å². The predicted molar refractivity (Wildman–Crippen MR) is 233 cm³/mol. The molecule has 0 amide bonds. The molecule has 0 unspecified atom stereocenters. The minimum atomic E-state index is -0.347. The minimum Gasteiger partial charge on any atom is -0.495 e. The maximum absolute atomic E-state index is 12.5. The summed E-state index contributed by atoms with van der Waals surface area (Å²) in [6.45, 7) is 23.6. The van der Waals surface area contributed by atoms with Gasteiger partial charge in [-0.15, -0.1) is 0 Å². The highest BCUT2D eigenvalue weighted by Crippen LogP contribution is 2.30. The third-order valence-electron chi connectivity index (χ3n) is 9.57. The van der Waals surface area contributed by atoms with Crippen LogP contribution in [0.25, 0.3) is 0 Å². The monoisotopic (exact) mass is 726 g/mol. The van der Waals surface area contributed by atoms with Gasteiger partial charge in [0.25, 0.3) is 0 Å². The maximum atomic E-state index is 12.5. The fourth-order valence-corrected chi connectivity index (χ4v) is 5.96. The van der Waals surface area contributed by atoms with Crippen molar-refractivity contribution in [2.75, 3.05) is 32.2 Å². The van der Waals surface area contributed by atoms with Gasteiger partial charge in [-0.05, 0) is 164 Å². The first-order valence-electron chi connectivity index (χ1n) is 20.0. The van der Waals surface area contributed by atoms with Crippen molar-refractivity contribution in [1.29, 1.82) is 0 Å². The predicted octanol–water partition coefficient (Wildman–Crippen LogP) is 14.6. The third kappa shape index (κ3) is 22.8. The van der Waals surface area contributed by atoms with E-state index in [-0.39, 0.29) is 5.97 Å². The number of hydrogen-bond acceptors (Lipinski definition) is 4. The molecular weight excluding hydrogens is 651 g/mol. The van der Waals surface area contributed by atoms with Crippen molar-refractivity contribution in [3.8, 4) is 5.75 Å². The molecule has 0 N–H and O–H groups in total. The zero-order valence-corrected chi connectivity index (χ0v) is 35.9. The lowest BCUT2D eigenvalue weighted by molar-refractivity contribution is 0.0600. The number of methoxy groups -OCH3 is 2. The highest BCUT2D eigenvalue weighted by molar-refractivity contribution is 5.91. The van der Waals surface area contributed by atoms with Crippen molar-refractivity contribution in [2.45, 2.75) is 146 Å². The average Bonchev–Trinajstić information content (AvgIpc) is 3.10. The van der Waals surface area contributed by atoms with E-state index in [1.165, 1.54) is 51.7 Å². The Labute approximate surface area is 326 Å². The molecule has 0 aliphatic rings. The van der Waals surface area contributed by atoms with E-state index < -0.39 is 0 Å². The van der Waals surface area contributed by atoms with E-state index in [4.69, 9.17) is 9.47 Å². The van der Waals surface area contributed by atoms with E-state index in [0.717, 1.165) is 102 Å². The van der Waals surface area contributed by atoms with E-state index in [9.17, 15) is 4.79 Å². The third-order valence-corrected chi connectivity index (χ3v) is 9.57. The summed E-state index contributed by atoms with van der Waals surface area (Å²) in [6, 6.07) is 5.52. The van der Waals surface area contributed by atoms with Crippen molar-refractivity contribution in [3.63, 3.8) is 0 Å². The van der Waals surface area contributed by atoms with Crippen molar-refractivity contribution in [3.05, 3.63) is 117 Å². The molecule has 0 atom stereocenters. The van der Waals surface area contributed by atoms with Crippen molar-refractivity contribution in [2.24, 2.45) is 0 Å². The van der Waals surface area contributed by atoms with Crippen LogP contribution in [-0.2, 0) is 4.74 Å². The van der Waals surface area contributed by atoms with Crippen molar-refractivity contribution >= 4 is 11.7 Å². The second-order valence-electron chi connectivity index (χ2n) is 15.4. The average molecular weight is 726 g/mol. The number of ether oxygens (including phenoxy) is 2. The summed E-state index contributed by atoms with van der Waals surface area (Å²) in [7, 11) is 3.11. The van der Waals surface area contributed by atoms with E-state index in [1.807, 2.05) is 12.1 Å². The van der Waals surface area contributed by atoms with Crippen LogP contribution in [0.4, 0.5) is 5.69 Å². The quantitative estimate of drug-likeness (QED) is 0.0743. The molecule has 0 spiro atoms. The number of carbonyl (C=O) groups excluding carboxylic acids is 1. The number of benzene rings is 1. The molecule has 0 aliphatic carbocycles. The smallest absolute Gasteiger partial charge is 0.337 e. The second kappa shape index (κ2) is 27.8. The molecular formula is C49H75NO3. The topological polar surface area (TPSA) is 38.8 Å². The Kier molecular flexibility index (Phi) is 24.7. The molecule has 0 bridgehead atoms. The molecule has 0 heterocycles. The molecule has 0 aromatic heterocycles. The van der Waals surface area contributed by atoms with Crippen molar-refractivity contribution < 1.29 is 14.3 Å². The van der Waals surface area contributed by atoms with E-state index in [1.54, 1.807) is 13.2 Å². The normalized spacial score (nSPS) is 13.2. The van der Waals surface area contributed by atoms with Gasteiger partial charge in [0.1, 0.15) is 5.75 Å². The summed E-state index contributed by atoms with van der Waals surface area (Å²) in [5.74, 6) is 0.398. The number of nitrogens with zero attached hydrogens (tertiary/aromatic N) is 1. The Hall–Kier alpha value is -3.79. The summed E-state index contributed by atoms with van der Waals surface area (Å²) in [5.41, 5.74) is 12.8. The van der Waals surface area contributed by atoms with Gasteiger partial charge >= 0.3 is 5.97 Å². The Morgan fingerprint density at radius 1 is 0.509 bits per heavy atom. The molecule has 294 valence electrons. The highest BCUT2D eigenvalue weighted by atomic mass is 16.5. The summed E-state index contributed by atoms with van der Waals surface area (Å²) in [6.07, 6.45) is 32.0. The summed E-state index contributed by atoms with van der Waals surface area (Å²) >= 11 is 0. The Morgan fingerprint density at radius 3 is 1.17 bits per heavy atom. The molecule has 1 aromatic carbocycles. The SMILES string of the molecule is COC(=O)c1ccc(OC)c(N(CC=C(C)CCC=C(C)CCC=C(C)CCC=C(C)C)CC=C(C)CCC=C(C)CCC=C(C)CCC=C(C)C)c1. The fraction of sp³-hybridized carbons (Fsp3) is 0.531. The first-order chi connectivity index (χ1) is 25.2. The van der Waals surface area contributed by atoms with E-state index >= 15 is 0 Å². The van der Waals surface area contributed by atoms with Gasteiger partial charge < -0.3 is 14.4 Å². The van der Waals surface area contributed by atoms with Gasteiger partial charge in [0.2, 0.25) is 0 Å². The van der Waals surface area contributed by atoms with Crippen LogP contribution in [0.5, 0.6) is 5.75 Å². The molecule has 4 nitrogen and oxygen atoms in total. The van der Waals surface area contributed by atoms with Crippen LogP contribution >= 0.6 is 0 Å². The van der Waals surface area contributed by atoms with Gasteiger partial charge in [-0.25, -0.2) is 4.79 Å². The Morgan fingerprint density at radius 2 is 0.849 bits per heavy atom. The number of anilines is 1. The number of rotatable bonds is 25. The first-order valence-corrected chi connectivity index (χ1v) is 20.0. The van der Waals surface area contributed by atoms with Gasteiger partial charge in [0, 0.05) is 13.1 Å². The lowest BCUT2D eigenvalue weighted by atomic mass is 10.0. The van der Waals surface area contributed by atoms with Crippen LogP contribution in [0.1, 0.15) is 157 Å². The molecule has 0 saturated carbocycles. The molecule has 0 fully saturated rings. The van der Waals surface area contributed by atoms with Gasteiger partial charge in [-0.2, -0.15) is 0 Å². The number of carbonyl (C=O) groups is 1. The highest BCUT2D eigenvalue weighted by Gasteiger charge is 2.15. The minimum absolute atomic E-state index is 0.347. The van der Waals surface area contributed by atoms with Crippen LogP contribution in [-0.4, -0.2) is 33.3 Å². The van der Waals surface area contributed by atoms with E-state index in [0.29, 0.717) is 5.56 Å². The molecule has 0 radical (unpaired) electrons. The maximum Gasteiger partial charge on any atom is 0.337 e. The molecule has 1 rings (SSSR count). The summed E-state index contributed by atoms with van der Waals surface area (Å²) < 4.78 is 10.8. The summed E-state index contributed by atoms with van der Waals surface area (Å²) in [4.78, 5) is 14.8. The molecule has 0 saturated heterocycles. The number of hydrogen-bond donors (Lipinski definition) is 0. The molecule has 1 aromatic rings. The zero-order chi connectivity index (χ0) is 39.6. The Balaban J connectivity index is 2.92. The molecule has 0 aliphatic heterocycles. The van der Waals surface area contributed by atoms with Crippen LogP contribution in [0, 0.1) is 0 Å². The first kappa shape index (κ1) is 47.2. The van der Waals surface area contributed by atoms with Crippen molar-refractivity contribution in [1.82, 2.24) is 0 Å². The van der Waals surface area contributed by atoms with Gasteiger partial charge in [-0.1, -0.05) is 93.2 Å². The van der Waals surface area contributed by atoms with E-state index in [2.05, 4.69) is 123 Å². The standard InChI is InChI=1S/C49H75NO3/c1-38(2)19-13-21-40(5)23-15-25-42(7)27-17-29-44(9)33-35-50(47-37-46(49(51)53-12)31-32-48(47)52-11)36-34-45(10)30-18-28-43(8)26-16-24-41(6)22-14-20-39(3)4/h19-20,23-24,27-28,31-34,37H,13-18,21-22,25-26,29-30,35-36H2,1-12H3. The van der Waals surface area contributed by atoms with Crippen LogP contribution < -0.4 is 9.64 Å². The number of esters is 1. The van der Waals surface area contributed by atoms with Crippen LogP contribution in [0.3, 0.4) is 0 Å². The zero-order valence-electron chi connectivity index (χ0n) is 35.9. The van der Waals surface area contributed by atoms with Gasteiger partial charge in [0.05, 0.1) is 25.5 Å². The molecule has 4 heteroatoms. The lowest BCUT2D eigenvalue weighted by Crippen LogP contribution is -2.25. The number of allylic oxidation sites excluding steroid dienone is 14. The second-order valence-corrected chi connectivity index (χ2v) is 15.4. The summed E-state index contributed by atoms with van der Waals surface area (Å²) in [5, 5.41) is 0. The van der Waals surface area contributed by atoms with Crippen LogP contribution in [0.15, 0.2) is 111 Å². The molecule has 53 heavy (non-hydrogen) atoms.